The van der Waals surface area contributed by atoms with E-state index in [0.29, 0.717) is 0 Å². The van der Waals surface area contributed by atoms with Crippen LogP contribution in [0.2, 0.25) is 0 Å². The van der Waals surface area contributed by atoms with Gasteiger partial charge in [0.05, 0.1) is 11.0 Å². The summed E-state index contributed by atoms with van der Waals surface area (Å²) in [4.78, 5) is 20.5. The molecule has 0 spiro atoms. The average molecular weight is 282 g/mol. The Morgan fingerprint density at radius 2 is 2.25 bits per heavy atom. The Bertz CT molecular complexity index is 669. The summed E-state index contributed by atoms with van der Waals surface area (Å²) in [5.41, 5.74) is -0.847. The molecule has 0 aliphatic carbocycles. The Labute approximate surface area is 110 Å². The second-order valence-electron chi connectivity index (χ2n) is 3.64. The van der Waals surface area contributed by atoms with Gasteiger partial charge in [-0.05, 0) is 12.1 Å². The molecule has 20 heavy (non-hydrogen) atoms. The average Bonchev–Trinajstić information content (AvgIpc) is 2.86. The fourth-order valence-electron chi connectivity index (χ4n) is 1.39. The first-order valence-electron chi connectivity index (χ1n) is 5.23. The van der Waals surface area contributed by atoms with Gasteiger partial charge in [-0.25, -0.2) is 9.18 Å². The molecule has 1 heterocycles. The fourth-order valence-corrected chi connectivity index (χ4v) is 1.39. The number of carboxylic acids is 1. The van der Waals surface area contributed by atoms with E-state index in [4.69, 9.17) is 9.84 Å². The van der Waals surface area contributed by atoms with Crippen molar-refractivity contribution < 1.29 is 28.5 Å². The van der Waals surface area contributed by atoms with Crippen LogP contribution >= 0.6 is 0 Å². The lowest BCUT2D eigenvalue weighted by molar-refractivity contribution is -0.386. The number of aromatic nitrogens is 1. The number of aromatic carboxylic acids is 1. The molecule has 2 aromatic rings. The molecule has 0 aliphatic rings. The van der Waals surface area contributed by atoms with Crippen molar-refractivity contribution in [3.8, 4) is 5.75 Å². The molecule has 0 aliphatic heterocycles. The zero-order chi connectivity index (χ0) is 14.7. The second-order valence-corrected chi connectivity index (χ2v) is 3.64. The van der Waals surface area contributed by atoms with Crippen molar-refractivity contribution in [3.63, 3.8) is 0 Å². The zero-order valence-electron chi connectivity index (χ0n) is 9.78. The van der Waals surface area contributed by atoms with Gasteiger partial charge in [0.15, 0.2) is 17.2 Å². The third-order valence-corrected chi connectivity index (χ3v) is 2.27. The standard InChI is InChI=1S/C11H7FN2O6/c12-6-1-2-10(9(3-6)14(17)18)19-5-7-4-8(11(15)16)13-20-7/h1-4H,5H2,(H,15,16). The summed E-state index contributed by atoms with van der Waals surface area (Å²) in [5.74, 6) is -2.13. The number of rotatable bonds is 5. The van der Waals surface area contributed by atoms with Crippen LogP contribution in [0.4, 0.5) is 10.1 Å². The van der Waals surface area contributed by atoms with E-state index in [-0.39, 0.29) is 23.8 Å². The van der Waals surface area contributed by atoms with Crippen molar-refractivity contribution >= 4 is 11.7 Å². The van der Waals surface area contributed by atoms with Gasteiger partial charge in [-0.3, -0.25) is 10.1 Å². The molecule has 1 aromatic heterocycles. The van der Waals surface area contributed by atoms with Crippen LogP contribution in [0.3, 0.4) is 0 Å². The van der Waals surface area contributed by atoms with E-state index in [0.717, 1.165) is 24.3 Å². The van der Waals surface area contributed by atoms with E-state index >= 15 is 0 Å². The molecule has 0 saturated heterocycles. The number of halogens is 1. The van der Waals surface area contributed by atoms with Gasteiger partial charge in [0.2, 0.25) is 0 Å². The molecule has 2 rings (SSSR count). The summed E-state index contributed by atoms with van der Waals surface area (Å²) in [6.07, 6.45) is 0. The SMILES string of the molecule is O=C(O)c1cc(COc2ccc(F)cc2[N+](=O)[O-])on1. The lowest BCUT2D eigenvalue weighted by Gasteiger charge is -2.04. The Kier molecular flexibility index (Phi) is 3.60. The van der Waals surface area contributed by atoms with Gasteiger partial charge in [0.1, 0.15) is 12.4 Å². The maximum absolute atomic E-state index is 12.9. The number of carbonyl (C=O) groups is 1. The van der Waals surface area contributed by atoms with Crippen LogP contribution in [-0.4, -0.2) is 21.2 Å². The fraction of sp³-hybridized carbons (Fsp3) is 0.0909. The maximum Gasteiger partial charge on any atom is 0.358 e. The number of benzene rings is 1. The van der Waals surface area contributed by atoms with E-state index in [1.165, 1.54) is 0 Å². The number of nitro groups is 1. The van der Waals surface area contributed by atoms with Crippen molar-refractivity contribution in [2.45, 2.75) is 6.61 Å². The lowest BCUT2D eigenvalue weighted by Crippen LogP contribution is -1.99. The summed E-state index contributed by atoms with van der Waals surface area (Å²) in [6.45, 7) is -0.271. The number of hydrogen-bond donors (Lipinski definition) is 1. The van der Waals surface area contributed by atoms with Gasteiger partial charge in [0.25, 0.3) is 0 Å². The van der Waals surface area contributed by atoms with Crippen molar-refractivity contribution in [1.29, 1.82) is 0 Å². The molecule has 0 unspecified atom stereocenters. The van der Waals surface area contributed by atoms with E-state index in [2.05, 4.69) is 9.68 Å². The van der Waals surface area contributed by atoms with Crippen molar-refractivity contribution in [3.05, 3.63) is 51.7 Å². The van der Waals surface area contributed by atoms with Crippen LogP contribution in [-0.2, 0) is 6.61 Å². The smallest absolute Gasteiger partial charge is 0.358 e. The van der Waals surface area contributed by atoms with E-state index in [1.807, 2.05) is 0 Å². The summed E-state index contributed by atoms with van der Waals surface area (Å²) in [6, 6.07) is 3.95. The number of nitrogens with zero attached hydrogens (tertiary/aromatic N) is 2. The molecule has 0 fully saturated rings. The molecule has 0 bridgehead atoms. The maximum atomic E-state index is 12.9. The molecule has 0 amide bonds. The van der Waals surface area contributed by atoms with E-state index < -0.39 is 22.4 Å². The van der Waals surface area contributed by atoms with Gasteiger partial charge in [0, 0.05) is 6.07 Å². The number of hydrogen-bond acceptors (Lipinski definition) is 6. The van der Waals surface area contributed by atoms with Crippen molar-refractivity contribution in [2.75, 3.05) is 0 Å². The van der Waals surface area contributed by atoms with Crippen LogP contribution < -0.4 is 4.74 Å². The van der Waals surface area contributed by atoms with E-state index in [1.54, 1.807) is 0 Å². The topological polar surface area (TPSA) is 116 Å². The summed E-state index contributed by atoms with van der Waals surface area (Å²) in [5, 5.41) is 22.6. The van der Waals surface area contributed by atoms with Crippen molar-refractivity contribution in [1.82, 2.24) is 5.16 Å². The quantitative estimate of drug-likeness (QED) is 0.658. The molecular formula is C11H7FN2O6. The first kappa shape index (κ1) is 13.5. The molecule has 1 aromatic carbocycles. The minimum absolute atomic E-state index is 0.0704. The predicted molar refractivity (Wildman–Crippen MR) is 60.8 cm³/mol. The highest BCUT2D eigenvalue weighted by molar-refractivity contribution is 5.85. The minimum atomic E-state index is -1.27. The molecule has 8 nitrogen and oxygen atoms in total. The molecule has 0 radical (unpaired) electrons. The summed E-state index contributed by atoms with van der Waals surface area (Å²) in [7, 11) is 0. The van der Waals surface area contributed by atoms with Gasteiger partial charge in [-0.15, -0.1) is 0 Å². The molecule has 104 valence electrons. The highest BCUT2D eigenvalue weighted by atomic mass is 19.1. The number of carboxylic acid groups (broad SMARTS) is 1. The minimum Gasteiger partial charge on any atom is -0.479 e. The first-order valence-corrected chi connectivity index (χ1v) is 5.23. The molecular weight excluding hydrogens is 275 g/mol. The molecule has 0 saturated carbocycles. The Balaban J connectivity index is 2.14. The van der Waals surface area contributed by atoms with Crippen LogP contribution in [0.15, 0.2) is 28.8 Å². The Hall–Kier alpha value is -2.97. The monoisotopic (exact) mass is 282 g/mol. The molecule has 0 atom stereocenters. The zero-order valence-corrected chi connectivity index (χ0v) is 9.78. The molecule has 1 N–H and O–H groups in total. The highest BCUT2D eigenvalue weighted by Gasteiger charge is 2.17. The summed E-state index contributed by atoms with van der Waals surface area (Å²) < 4.78 is 22.7. The molecule has 9 heteroatoms. The predicted octanol–water partition coefficient (Wildman–Crippen LogP) is 2.00. The van der Waals surface area contributed by atoms with Gasteiger partial charge < -0.3 is 14.4 Å². The van der Waals surface area contributed by atoms with E-state index in [9.17, 15) is 19.3 Å². The Morgan fingerprint density at radius 3 is 2.85 bits per heavy atom. The van der Waals surface area contributed by atoms with Gasteiger partial charge in [-0.1, -0.05) is 5.16 Å². The largest absolute Gasteiger partial charge is 0.479 e. The summed E-state index contributed by atoms with van der Waals surface area (Å²) >= 11 is 0. The highest BCUT2D eigenvalue weighted by Crippen LogP contribution is 2.28. The number of ether oxygens (including phenoxy) is 1. The third kappa shape index (κ3) is 2.88. The lowest BCUT2D eigenvalue weighted by atomic mass is 10.3. The van der Waals surface area contributed by atoms with Crippen molar-refractivity contribution in [2.24, 2.45) is 0 Å². The normalized spacial score (nSPS) is 10.2. The van der Waals surface area contributed by atoms with Crippen LogP contribution in [0.1, 0.15) is 16.2 Å². The van der Waals surface area contributed by atoms with Crippen LogP contribution in [0, 0.1) is 15.9 Å². The number of nitro benzene ring substituents is 1. The van der Waals surface area contributed by atoms with Gasteiger partial charge in [-0.2, -0.15) is 0 Å². The van der Waals surface area contributed by atoms with Crippen LogP contribution in [0.5, 0.6) is 5.75 Å². The van der Waals surface area contributed by atoms with Gasteiger partial charge >= 0.3 is 11.7 Å². The van der Waals surface area contributed by atoms with Crippen LogP contribution in [0.25, 0.3) is 0 Å². The Morgan fingerprint density at radius 1 is 1.50 bits per heavy atom. The third-order valence-electron chi connectivity index (χ3n) is 2.27. The second kappa shape index (κ2) is 5.34. The first-order chi connectivity index (χ1) is 9.47.